The highest BCUT2D eigenvalue weighted by Crippen LogP contribution is 2.30. The monoisotopic (exact) mass is 318 g/mol. The summed E-state index contributed by atoms with van der Waals surface area (Å²) in [5, 5.41) is 9.01. The summed E-state index contributed by atoms with van der Waals surface area (Å²) in [5.74, 6) is -1.23. The van der Waals surface area contributed by atoms with Gasteiger partial charge < -0.3 is 14.9 Å². The lowest BCUT2D eigenvalue weighted by atomic mass is 9.93. The third-order valence-corrected chi connectivity index (χ3v) is 5.90. The highest BCUT2D eigenvalue weighted by atomic mass is 32.2. The molecule has 0 saturated carbocycles. The third-order valence-electron chi connectivity index (χ3n) is 4.15. The molecule has 7 nitrogen and oxygen atoms in total. The van der Waals surface area contributed by atoms with Gasteiger partial charge in [0.1, 0.15) is 6.54 Å². The molecule has 120 valence electrons. The molecular formula is C13H22N2O5S. The zero-order chi connectivity index (χ0) is 15.8. The molecule has 0 bridgehead atoms. The average molecular weight is 318 g/mol. The van der Waals surface area contributed by atoms with E-state index in [1.54, 1.807) is 4.90 Å². The van der Waals surface area contributed by atoms with Crippen LogP contribution in [0.4, 0.5) is 4.79 Å². The molecule has 0 aromatic heterocycles. The van der Waals surface area contributed by atoms with E-state index in [-0.39, 0.29) is 23.0 Å². The van der Waals surface area contributed by atoms with Crippen molar-refractivity contribution in [1.29, 1.82) is 0 Å². The van der Waals surface area contributed by atoms with Gasteiger partial charge in [0.15, 0.2) is 9.84 Å². The molecule has 0 aliphatic carbocycles. The maximum absolute atomic E-state index is 12.6. The number of hydrogen-bond donors (Lipinski definition) is 1. The second kappa shape index (κ2) is 5.47. The van der Waals surface area contributed by atoms with Crippen LogP contribution in [0.25, 0.3) is 0 Å². The Bertz CT molecular complexity index is 543. The lowest BCUT2D eigenvalue weighted by Crippen LogP contribution is -2.50. The van der Waals surface area contributed by atoms with Crippen LogP contribution >= 0.6 is 0 Å². The van der Waals surface area contributed by atoms with Gasteiger partial charge in [-0.1, -0.05) is 13.8 Å². The van der Waals surface area contributed by atoms with Gasteiger partial charge in [-0.3, -0.25) is 4.79 Å². The molecule has 2 aliphatic heterocycles. The summed E-state index contributed by atoms with van der Waals surface area (Å²) in [7, 11) is -3.16. The number of carboxylic acid groups (broad SMARTS) is 1. The molecule has 0 aromatic carbocycles. The maximum Gasteiger partial charge on any atom is 0.323 e. The minimum absolute atomic E-state index is 0.0201. The van der Waals surface area contributed by atoms with Gasteiger partial charge in [0.2, 0.25) is 0 Å². The molecule has 21 heavy (non-hydrogen) atoms. The average Bonchev–Trinajstić information content (AvgIpc) is 2.87. The summed E-state index contributed by atoms with van der Waals surface area (Å²) in [6, 6.07) is -0.882. The predicted octanol–water partition coefficient (Wildman–Crippen LogP) is 0.412. The fourth-order valence-electron chi connectivity index (χ4n) is 2.98. The first kappa shape index (κ1) is 16.1. The normalized spacial score (nSPS) is 26.8. The van der Waals surface area contributed by atoms with E-state index in [0.717, 1.165) is 6.42 Å². The van der Waals surface area contributed by atoms with Crippen LogP contribution in [0.3, 0.4) is 0 Å². The molecule has 0 aromatic rings. The van der Waals surface area contributed by atoms with Crippen LogP contribution in [0.2, 0.25) is 0 Å². The summed E-state index contributed by atoms with van der Waals surface area (Å²) in [4.78, 5) is 26.4. The van der Waals surface area contributed by atoms with Crippen molar-refractivity contribution in [2.45, 2.75) is 32.7 Å². The van der Waals surface area contributed by atoms with Crippen molar-refractivity contribution in [3.8, 4) is 0 Å². The van der Waals surface area contributed by atoms with E-state index < -0.39 is 28.4 Å². The number of amides is 2. The number of urea groups is 1. The summed E-state index contributed by atoms with van der Waals surface area (Å²) >= 11 is 0. The van der Waals surface area contributed by atoms with Gasteiger partial charge in [-0.2, -0.15) is 0 Å². The van der Waals surface area contributed by atoms with Crippen LogP contribution in [-0.2, 0) is 14.6 Å². The molecule has 2 saturated heterocycles. The Hall–Kier alpha value is -1.31. The highest BCUT2D eigenvalue weighted by molar-refractivity contribution is 7.91. The van der Waals surface area contributed by atoms with E-state index >= 15 is 0 Å². The van der Waals surface area contributed by atoms with Gasteiger partial charge >= 0.3 is 12.0 Å². The zero-order valence-corrected chi connectivity index (χ0v) is 13.2. The first-order valence-electron chi connectivity index (χ1n) is 7.07. The van der Waals surface area contributed by atoms with E-state index in [9.17, 15) is 18.0 Å². The van der Waals surface area contributed by atoms with Crippen LogP contribution in [0.5, 0.6) is 0 Å². The second-order valence-electron chi connectivity index (χ2n) is 6.70. The molecule has 1 N–H and O–H groups in total. The fourth-order valence-corrected chi connectivity index (χ4v) is 4.71. The molecule has 0 radical (unpaired) electrons. The number of rotatable bonds is 3. The Morgan fingerprint density at radius 1 is 1.38 bits per heavy atom. The quantitative estimate of drug-likeness (QED) is 0.813. The first-order chi connectivity index (χ1) is 9.60. The van der Waals surface area contributed by atoms with Crippen LogP contribution < -0.4 is 0 Å². The Morgan fingerprint density at radius 3 is 2.48 bits per heavy atom. The molecule has 8 heteroatoms. The van der Waals surface area contributed by atoms with Crippen molar-refractivity contribution in [2.24, 2.45) is 5.41 Å². The smallest absolute Gasteiger partial charge is 0.323 e. The standard InChI is InChI=1S/C13H22N2O5S/c1-13(2)4-5-14(9-13)12(18)15(7-11(16)17)10-3-6-21(19,20)8-10/h10H,3-9H2,1-2H3,(H,16,17). The van der Waals surface area contributed by atoms with Crippen LogP contribution in [0.1, 0.15) is 26.7 Å². The minimum Gasteiger partial charge on any atom is -0.480 e. The summed E-state index contributed by atoms with van der Waals surface area (Å²) < 4.78 is 23.2. The summed E-state index contributed by atoms with van der Waals surface area (Å²) in [5.41, 5.74) is 0.0201. The van der Waals surface area contributed by atoms with Crippen LogP contribution in [0.15, 0.2) is 0 Å². The molecule has 2 rings (SSSR count). The van der Waals surface area contributed by atoms with E-state index in [4.69, 9.17) is 5.11 Å². The van der Waals surface area contributed by atoms with Crippen molar-refractivity contribution in [3.05, 3.63) is 0 Å². The van der Waals surface area contributed by atoms with Gasteiger partial charge in [0, 0.05) is 19.1 Å². The maximum atomic E-state index is 12.6. The van der Waals surface area contributed by atoms with E-state index in [1.807, 2.05) is 0 Å². The number of nitrogens with zero attached hydrogens (tertiary/aromatic N) is 2. The summed E-state index contributed by atoms with van der Waals surface area (Å²) in [6.07, 6.45) is 1.18. The minimum atomic E-state index is -3.16. The number of carbonyl (C=O) groups excluding carboxylic acids is 1. The molecule has 2 heterocycles. The Labute approximate surface area is 124 Å². The summed E-state index contributed by atoms with van der Waals surface area (Å²) in [6.45, 7) is 4.82. The van der Waals surface area contributed by atoms with E-state index in [1.165, 1.54) is 4.90 Å². The van der Waals surface area contributed by atoms with Crippen molar-refractivity contribution in [1.82, 2.24) is 9.80 Å². The van der Waals surface area contributed by atoms with Crippen molar-refractivity contribution in [3.63, 3.8) is 0 Å². The van der Waals surface area contributed by atoms with E-state index in [0.29, 0.717) is 19.5 Å². The Balaban J connectivity index is 2.13. The lowest BCUT2D eigenvalue weighted by molar-refractivity contribution is -0.138. The lowest BCUT2D eigenvalue weighted by Gasteiger charge is -2.31. The van der Waals surface area contributed by atoms with Crippen molar-refractivity contribution >= 4 is 21.8 Å². The third kappa shape index (κ3) is 3.87. The highest BCUT2D eigenvalue weighted by Gasteiger charge is 2.40. The van der Waals surface area contributed by atoms with E-state index in [2.05, 4.69) is 13.8 Å². The van der Waals surface area contributed by atoms with Crippen molar-refractivity contribution < 1.29 is 23.1 Å². The molecule has 0 spiro atoms. The molecule has 2 aliphatic rings. The van der Waals surface area contributed by atoms with Crippen molar-refractivity contribution in [2.75, 3.05) is 31.1 Å². The molecular weight excluding hydrogens is 296 g/mol. The van der Waals surface area contributed by atoms with Crippen LogP contribution in [0, 0.1) is 5.41 Å². The zero-order valence-electron chi connectivity index (χ0n) is 12.4. The van der Waals surface area contributed by atoms with Gasteiger partial charge in [-0.25, -0.2) is 13.2 Å². The van der Waals surface area contributed by atoms with Gasteiger partial charge in [0.25, 0.3) is 0 Å². The Kier molecular flexibility index (Phi) is 4.19. The number of hydrogen-bond acceptors (Lipinski definition) is 4. The largest absolute Gasteiger partial charge is 0.480 e. The number of sulfone groups is 1. The second-order valence-corrected chi connectivity index (χ2v) is 8.93. The number of aliphatic carboxylic acids is 1. The predicted molar refractivity (Wildman–Crippen MR) is 76.8 cm³/mol. The Morgan fingerprint density at radius 2 is 2.05 bits per heavy atom. The van der Waals surface area contributed by atoms with Crippen LogP contribution in [-0.4, -0.2) is 72.5 Å². The molecule has 2 amide bonds. The van der Waals surface area contributed by atoms with Gasteiger partial charge in [-0.15, -0.1) is 0 Å². The number of likely N-dealkylation sites (tertiary alicyclic amines) is 1. The molecule has 2 fully saturated rings. The van der Waals surface area contributed by atoms with Gasteiger partial charge in [-0.05, 0) is 18.3 Å². The SMILES string of the molecule is CC1(C)CCN(C(=O)N(CC(=O)O)C2CCS(=O)(=O)C2)C1. The number of carbonyl (C=O) groups is 2. The number of carboxylic acids is 1. The fraction of sp³-hybridized carbons (Fsp3) is 0.846. The first-order valence-corrected chi connectivity index (χ1v) is 8.90. The molecule has 1 unspecified atom stereocenters. The topological polar surface area (TPSA) is 95.0 Å². The van der Waals surface area contributed by atoms with Gasteiger partial charge in [0.05, 0.1) is 11.5 Å². The molecule has 1 atom stereocenters.